The van der Waals surface area contributed by atoms with Crippen molar-refractivity contribution in [3.8, 4) is 0 Å². The van der Waals surface area contributed by atoms with E-state index in [-0.39, 0.29) is 11.9 Å². The van der Waals surface area contributed by atoms with Crippen LogP contribution in [0.4, 0.5) is 0 Å². The number of piperidine rings is 1. The van der Waals surface area contributed by atoms with Crippen LogP contribution in [0.25, 0.3) is 0 Å². The molecule has 1 aliphatic heterocycles. The van der Waals surface area contributed by atoms with E-state index in [2.05, 4.69) is 15.5 Å². The zero-order chi connectivity index (χ0) is 13.0. The van der Waals surface area contributed by atoms with Gasteiger partial charge in [0.15, 0.2) is 5.82 Å². The molecule has 0 bridgehead atoms. The second kappa shape index (κ2) is 5.95. The largest absolute Gasteiger partial charge is 0.341 e. The lowest BCUT2D eigenvalue weighted by atomic mass is 10.0. The van der Waals surface area contributed by atoms with Crippen LogP contribution in [0.1, 0.15) is 31.5 Å². The van der Waals surface area contributed by atoms with Gasteiger partial charge in [0, 0.05) is 26.4 Å². The molecule has 1 fully saturated rings. The maximum absolute atomic E-state index is 12.1. The predicted octanol–water partition coefficient (Wildman–Crippen LogP) is 0.521. The molecule has 0 aliphatic carbocycles. The average molecular weight is 252 g/mol. The first-order valence-corrected chi connectivity index (χ1v) is 6.52. The number of rotatable bonds is 5. The number of aromatic nitrogens is 2. The van der Waals surface area contributed by atoms with E-state index >= 15 is 0 Å². The third kappa shape index (κ3) is 3.07. The van der Waals surface area contributed by atoms with Gasteiger partial charge in [-0.3, -0.25) is 4.79 Å². The molecular weight excluding hydrogens is 232 g/mol. The molecule has 100 valence electrons. The summed E-state index contributed by atoms with van der Waals surface area (Å²) in [6.45, 7) is 6.11. The highest BCUT2D eigenvalue weighted by molar-refractivity contribution is 5.82. The van der Waals surface area contributed by atoms with E-state index in [1.165, 1.54) is 0 Å². The molecule has 0 radical (unpaired) electrons. The van der Waals surface area contributed by atoms with Gasteiger partial charge in [-0.25, -0.2) is 0 Å². The second-order valence-electron chi connectivity index (χ2n) is 4.56. The van der Waals surface area contributed by atoms with Gasteiger partial charge in [-0.05, 0) is 19.4 Å². The maximum Gasteiger partial charge on any atom is 0.239 e. The Hall–Kier alpha value is -1.43. The fourth-order valence-corrected chi connectivity index (χ4v) is 2.28. The standard InChI is InChI=1S/C12H20N4O2/c1-3-13-10-5-4-7-16(12(10)17)8-6-11-14-9(2)18-15-11/h10,13H,3-8H2,1-2H3. The first kappa shape index (κ1) is 13.0. The topological polar surface area (TPSA) is 71.3 Å². The van der Waals surface area contributed by atoms with Crippen molar-refractivity contribution >= 4 is 5.91 Å². The molecule has 1 N–H and O–H groups in total. The van der Waals surface area contributed by atoms with Crippen LogP contribution >= 0.6 is 0 Å². The van der Waals surface area contributed by atoms with Gasteiger partial charge in [-0.1, -0.05) is 12.1 Å². The Balaban J connectivity index is 1.86. The lowest BCUT2D eigenvalue weighted by molar-refractivity contribution is -0.135. The van der Waals surface area contributed by atoms with Crippen LogP contribution in [0.15, 0.2) is 4.52 Å². The SMILES string of the molecule is CCNC1CCCN(CCc2noc(C)n2)C1=O. The summed E-state index contributed by atoms with van der Waals surface area (Å²) in [5.74, 6) is 1.44. The Morgan fingerprint density at radius 2 is 2.39 bits per heavy atom. The quantitative estimate of drug-likeness (QED) is 0.827. The zero-order valence-corrected chi connectivity index (χ0v) is 11.0. The minimum atomic E-state index is -0.0178. The van der Waals surface area contributed by atoms with Crippen molar-refractivity contribution in [1.29, 1.82) is 0 Å². The van der Waals surface area contributed by atoms with Gasteiger partial charge in [0.2, 0.25) is 11.8 Å². The van der Waals surface area contributed by atoms with Crippen LogP contribution in [0.5, 0.6) is 0 Å². The summed E-state index contributed by atoms with van der Waals surface area (Å²) in [6, 6.07) is -0.0178. The number of nitrogens with one attached hydrogen (secondary N) is 1. The van der Waals surface area contributed by atoms with Crippen molar-refractivity contribution in [1.82, 2.24) is 20.4 Å². The lowest BCUT2D eigenvalue weighted by Gasteiger charge is -2.32. The van der Waals surface area contributed by atoms with Crippen molar-refractivity contribution in [2.24, 2.45) is 0 Å². The number of carbonyl (C=O) groups is 1. The fourth-order valence-electron chi connectivity index (χ4n) is 2.28. The van der Waals surface area contributed by atoms with Gasteiger partial charge in [0.05, 0.1) is 6.04 Å². The van der Waals surface area contributed by atoms with Crippen LogP contribution in [0.3, 0.4) is 0 Å². The van der Waals surface area contributed by atoms with Gasteiger partial charge in [0.1, 0.15) is 0 Å². The zero-order valence-electron chi connectivity index (χ0n) is 11.0. The third-order valence-electron chi connectivity index (χ3n) is 3.16. The summed E-state index contributed by atoms with van der Waals surface area (Å²) in [5, 5.41) is 7.07. The third-order valence-corrected chi connectivity index (χ3v) is 3.16. The minimum Gasteiger partial charge on any atom is -0.341 e. The highest BCUT2D eigenvalue weighted by atomic mass is 16.5. The molecule has 0 spiro atoms. The van der Waals surface area contributed by atoms with Gasteiger partial charge in [0.25, 0.3) is 0 Å². The van der Waals surface area contributed by atoms with Gasteiger partial charge >= 0.3 is 0 Å². The number of hydrogen-bond acceptors (Lipinski definition) is 5. The smallest absolute Gasteiger partial charge is 0.239 e. The first-order valence-electron chi connectivity index (χ1n) is 6.52. The van der Waals surface area contributed by atoms with E-state index in [1.54, 1.807) is 6.92 Å². The van der Waals surface area contributed by atoms with Gasteiger partial charge in [-0.15, -0.1) is 0 Å². The summed E-state index contributed by atoms with van der Waals surface area (Å²) < 4.78 is 4.91. The molecule has 1 aromatic heterocycles. The van der Waals surface area contributed by atoms with Crippen molar-refractivity contribution in [2.75, 3.05) is 19.6 Å². The highest BCUT2D eigenvalue weighted by Crippen LogP contribution is 2.12. The predicted molar refractivity (Wildman–Crippen MR) is 66.0 cm³/mol. The van der Waals surface area contributed by atoms with E-state index in [1.807, 2.05) is 11.8 Å². The molecule has 1 aromatic rings. The van der Waals surface area contributed by atoms with E-state index in [9.17, 15) is 4.79 Å². The summed E-state index contributed by atoms with van der Waals surface area (Å²) in [4.78, 5) is 18.2. The highest BCUT2D eigenvalue weighted by Gasteiger charge is 2.27. The summed E-state index contributed by atoms with van der Waals surface area (Å²) in [5.41, 5.74) is 0. The van der Waals surface area contributed by atoms with Crippen molar-refractivity contribution in [2.45, 2.75) is 39.2 Å². The molecule has 0 aromatic carbocycles. The maximum atomic E-state index is 12.1. The van der Waals surface area contributed by atoms with Crippen molar-refractivity contribution < 1.29 is 9.32 Å². The molecule has 1 atom stereocenters. The van der Waals surface area contributed by atoms with Crippen LogP contribution < -0.4 is 5.32 Å². The summed E-state index contributed by atoms with van der Waals surface area (Å²) in [6.07, 6.45) is 2.64. The molecule has 2 rings (SSSR count). The van der Waals surface area contributed by atoms with E-state index < -0.39 is 0 Å². The van der Waals surface area contributed by atoms with Gasteiger partial charge < -0.3 is 14.7 Å². The Kier molecular flexibility index (Phi) is 4.30. The number of nitrogens with zero attached hydrogens (tertiary/aromatic N) is 3. The lowest BCUT2D eigenvalue weighted by Crippen LogP contribution is -2.51. The fraction of sp³-hybridized carbons (Fsp3) is 0.750. The molecule has 6 nitrogen and oxygen atoms in total. The number of carbonyl (C=O) groups excluding carboxylic acids is 1. The minimum absolute atomic E-state index is 0.0178. The Bertz CT molecular complexity index is 403. The molecule has 0 saturated carbocycles. The van der Waals surface area contributed by atoms with Gasteiger partial charge in [-0.2, -0.15) is 4.98 Å². The molecule has 1 amide bonds. The average Bonchev–Trinajstić information content (AvgIpc) is 2.77. The normalized spacial score (nSPS) is 20.4. The van der Waals surface area contributed by atoms with E-state index in [0.717, 1.165) is 25.9 Å². The number of likely N-dealkylation sites (tertiary alicyclic amines) is 1. The number of amides is 1. The molecule has 18 heavy (non-hydrogen) atoms. The molecule has 2 heterocycles. The second-order valence-corrected chi connectivity index (χ2v) is 4.56. The Morgan fingerprint density at radius 3 is 3.06 bits per heavy atom. The van der Waals surface area contributed by atoms with E-state index in [4.69, 9.17) is 4.52 Å². The Labute approximate surface area is 107 Å². The summed E-state index contributed by atoms with van der Waals surface area (Å²) in [7, 11) is 0. The molecule has 1 unspecified atom stereocenters. The summed E-state index contributed by atoms with van der Waals surface area (Å²) >= 11 is 0. The first-order chi connectivity index (χ1) is 8.70. The number of aryl methyl sites for hydroxylation is 1. The van der Waals surface area contributed by atoms with Crippen molar-refractivity contribution in [3.05, 3.63) is 11.7 Å². The van der Waals surface area contributed by atoms with E-state index in [0.29, 0.717) is 24.7 Å². The van der Waals surface area contributed by atoms with Crippen LogP contribution in [-0.2, 0) is 11.2 Å². The van der Waals surface area contributed by atoms with Crippen molar-refractivity contribution in [3.63, 3.8) is 0 Å². The number of hydrogen-bond donors (Lipinski definition) is 1. The molecule has 6 heteroatoms. The molecular formula is C12H20N4O2. The van der Waals surface area contributed by atoms with Crippen LogP contribution in [0.2, 0.25) is 0 Å². The van der Waals surface area contributed by atoms with Crippen LogP contribution in [0, 0.1) is 6.92 Å². The molecule has 1 saturated heterocycles. The number of likely N-dealkylation sites (N-methyl/N-ethyl adjacent to an activating group) is 1. The molecule has 1 aliphatic rings. The Morgan fingerprint density at radius 1 is 1.56 bits per heavy atom. The monoisotopic (exact) mass is 252 g/mol. The van der Waals surface area contributed by atoms with Crippen LogP contribution in [-0.4, -0.2) is 46.6 Å².